The molecule has 0 atom stereocenters. The van der Waals surface area contributed by atoms with Gasteiger partial charge in [0.1, 0.15) is 0 Å². The minimum Gasteiger partial charge on any atom is -0.398 e. The average molecular weight is 289 g/mol. The topological polar surface area (TPSA) is 72.2 Å². The van der Waals surface area contributed by atoms with E-state index in [1.54, 1.807) is 36.4 Å². The Morgan fingerprint density at radius 2 is 1.65 bits per heavy atom. The summed E-state index contributed by atoms with van der Waals surface area (Å²) in [5.41, 5.74) is 7.63. The fourth-order valence-electron chi connectivity index (χ4n) is 1.68. The van der Waals surface area contributed by atoms with E-state index in [0.29, 0.717) is 27.5 Å². The summed E-state index contributed by atoms with van der Waals surface area (Å²) in [4.78, 5) is 23.2. The van der Waals surface area contributed by atoms with Gasteiger partial charge in [-0.25, -0.2) is 0 Å². The van der Waals surface area contributed by atoms with Crippen molar-refractivity contribution in [3.63, 3.8) is 0 Å². The Morgan fingerprint density at radius 3 is 2.20 bits per heavy atom. The number of hydrogen-bond donors (Lipinski definition) is 2. The van der Waals surface area contributed by atoms with Crippen LogP contribution in [0.1, 0.15) is 27.6 Å². The number of nitrogens with one attached hydrogen (secondary N) is 1. The molecule has 0 bridgehead atoms. The summed E-state index contributed by atoms with van der Waals surface area (Å²) in [7, 11) is 0. The van der Waals surface area contributed by atoms with E-state index in [1.807, 2.05) is 0 Å². The van der Waals surface area contributed by atoms with Gasteiger partial charge < -0.3 is 11.1 Å². The van der Waals surface area contributed by atoms with Crippen molar-refractivity contribution in [1.82, 2.24) is 0 Å². The molecule has 20 heavy (non-hydrogen) atoms. The summed E-state index contributed by atoms with van der Waals surface area (Å²) < 4.78 is 0. The van der Waals surface area contributed by atoms with Crippen LogP contribution < -0.4 is 11.1 Å². The lowest BCUT2D eigenvalue weighted by Gasteiger charge is -2.07. The molecule has 3 N–H and O–H groups in total. The molecule has 2 aromatic rings. The second-order valence-corrected chi connectivity index (χ2v) is 4.73. The molecule has 4 nitrogen and oxygen atoms in total. The van der Waals surface area contributed by atoms with Gasteiger partial charge in [-0.3, -0.25) is 9.59 Å². The van der Waals surface area contributed by atoms with Crippen LogP contribution in [0.15, 0.2) is 42.5 Å². The van der Waals surface area contributed by atoms with Crippen molar-refractivity contribution in [2.75, 3.05) is 11.1 Å². The van der Waals surface area contributed by atoms with Crippen molar-refractivity contribution >= 4 is 34.7 Å². The Balaban J connectivity index is 2.14. The fourth-order valence-corrected chi connectivity index (χ4v) is 1.79. The van der Waals surface area contributed by atoms with E-state index in [9.17, 15) is 9.59 Å². The molecule has 1 amide bonds. The first kappa shape index (κ1) is 14.1. The van der Waals surface area contributed by atoms with E-state index in [-0.39, 0.29) is 11.7 Å². The molecule has 0 spiro atoms. The molecule has 2 rings (SSSR count). The predicted octanol–water partition coefficient (Wildman–Crippen LogP) is 3.38. The molecule has 0 saturated heterocycles. The number of benzene rings is 2. The lowest BCUT2D eigenvalue weighted by atomic mass is 10.1. The zero-order valence-electron chi connectivity index (χ0n) is 10.8. The SMILES string of the molecule is CC(=O)c1ccc(NC(=O)c2ccc(Cl)c(N)c2)cc1. The molecule has 5 heteroatoms. The zero-order chi connectivity index (χ0) is 14.7. The summed E-state index contributed by atoms with van der Waals surface area (Å²) >= 11 is 5.80. The number of hydrogen-bond acceptors (Lipinski definition) is 3. The van der Waals surface area contributed by atoms with Gasteiger partial charge in [-0.05, 0) is 49.4 Å². The number of carbonyl (C=O) groups is 2. The van der Waals surface area contributed by atoms with Crippen LogP contribution in [0.5, 0.6) is 0 Å². The number of ketones is 1. The minimum atomic E-state index is -0.288. The number of carbonyl (C=O) groups excluding carboxylic acids is 2. The van der Waals surface area contributed by atoms with E-state index >= 15 is 0 Å². The quantitative estimate of drug-likeness (QED) is 0.672. The monoisotopic (exact) mass is 288 g/mol. The molecule has 102 valence electrons. The highest BCUT2D eigenvalue weighted by Crippen LogP contribution is 2.20. The lowest BCUT2D eigenvalue weighted by molar-refractivity contribution is 0.101. The van der Waals surface area contributed by atoms with Crippen molar-refractivity contribution in [3.8, 4) is 0 Å². The molecule has 0 fully saturated rings. The Hall–Kier alpha value is -2.33. The third kappa shape index (κ3) is 3.16. The largest absolute Gasteiger partial charge is 0.398 e. The van der Waals surface area contributed by atoms with Crippen LogP contribution in [-0.4, -0.2) is 11.7 Å². The number of amides is 1. The van der Waals surface area contributed by atoms with Crippen LogP contribution in [0, 0.1) is 0 Å². The van der Waals surface area contributed by atoms with Crippen molar-refractivity contribution in [2.45, 2.75) is 6.92 Å². The summed E-state index contributed by atoms with van der Waals surface area (Å²) in [5.74, 6) is -0.308. The van der Waals surface area contributed by atoms with Crippen LogP contribution in [0.2, 0.25) is 5.02 Å². The Labute approximate surface area is 121 Å². The van der Waals surface area contributed by atoms with E-state index in [1.165, 1.54) is 13.0 Å². The van der Waals surface area contributed by atoms with Gasteiger partial charge in [0.15, 0.2) is 5.78 Å². The first-order valence-corrected chi connectivity index (χ1v) is 6.32. The Kier molecular flexibility index (Phi) is 4.05. The first-order chi connectivity index (χ1) is 9.47. The van der Waals surface area contributed by atoms with Crippen molar-refractivity contribution < 1.29 is 9.59 Å². The maximum absolute atomic E-state index is 12.0. The Morgan fingerprint density at radius 1 is 1.05 bits per heavy atom. The molecule has 0 aromatic heterocycles. The van der Waals surface area contributed by atoms with Crippen LogP contribution in [0.25, 0.3) is 0 Å². The Bertz CT molecular complexity index is 666. The standard InChI is InChI=1S/C15H13ClN2O2/c1-9(19)10-2-5-12(6-3-10)18-15(20)11-4-7-13(16)14(17)8-11/h2-8H,17H2,1H3,(H,18,20). The van der Waals surface area contributed by atoms with Crippen LogP contribution in [-0.2, 0) is 0 Å². The smallest absolute Gasteiger partial charge is 0.255 e. The van der Waals surface area contributed by atoms with E-state index in [2.05, 4.69) is 5.32 Å². The molecule has 0 unspecified atom stereocenters. The molecule has 0 radical (unpaired) electrons. The summed E-state index contributed by atoms with van der Waals surface area (Å²) in [5, 5.41) is 3.13. The summed E-state index contributed by atoms with van der Waals surface area (Å²) in [6.45, 7) is 1.49. The van der Waals surface area contributed by atoms with Crippen molar-refractivity contribution in [3.05, 3.63) is 58.6 Å². The highest BCUT2D eigenvalue weighted by molar-refractivity contribution is 6.33. The normalized spacial score (nSPS) is 10.1. The second kappa shape index (κ2) is 5.75. The van der Waals surface area contributed by atoms with E-state index in [0.717, 1.165) is 0 Å². The van der Waals surface area contributed by atoms with Crippen molar-refractivity contribution in [2.24, 2.45) is 0 Å². The van der Waals surface area contributed by atoms with Crippen LogP contribution in [0.3, 0.4) is 0 Å². The third-order valence-electron chi connectivity index (χ3n) is 2.81. The zero-order valence-corrected chi connectivity index (χ0v) is 11.6. The van der Waals surface area contributed by atoms with Gasteiger partial charge in [-0.1, -0.05) is 11.6 Å². The third-order valence-corrected chi connectivity index (χ3v) is 3.15. The number of nitrogen functional groups attached to an aromatic ring is 1. The number of Topliss-reactive ketones (excluding diaryl/α,β-unsaturated/α-hetero) is 1. The van der Waals surface area contributed by atoms with E-state index < -0.39 is 0 Å². The minimum absolute atomic E-state index is 0.0200. The highest BCUT2D eigenvalue weighted by Gasteiger charge is 2.08. The summed E-state index contributed by atoms with van der Waals surface area (Å²) in [6, 6.07) is 11.4. The maximum Gasteiger partial charge on any atom is 0.255 e. The number of rotatable bonds is 3. The molecule has 2 aromatic carbocycles. The molecular weight excluding hydrogens is 276 g/mol. The predicted molar refractivity (Wildman–Crippen MR) is 80.3 cm³/mol. The van der Waals surface area contributed by atoms with Gasteiger partial charge in [0.05, 0.1) is 10.7 Å². The molecule has 0 aliphatic heterocycles. The summed E-state index contributed by atoms with van der Waals surface area (Å²) in [6.07, 6.45) is 0. The van der Waals surface area contributed by atoms with Gasteiger partial charge in [0.2, 0.25) is 0 Å². The number of halogens is 1. The molecular formula is C15H13ClN2O2. The van der Waals surface area contributed by atoms with Gasteiger partial charge in [0.25, 0.3) is 5.91 Å². The van der Waals surface area contributed by atoms with Gasteiger partial charge in [0, 0.05) is 16.8 Å². The van der Waals surface area contributed by atoms with Crippen LogP contribution in [0.4, 0.5) is 11.4 Å². The maximum atomic E-state index is 12.0. The first-order valence-electron chi connectivity index (χ1n) is 5.95. The van der Waals surface area contributed by atoms with Gasteiger partial charge >= 0.3 is 0 Å². The highest BCUT2D eigenvalue weighted by atomic mass is 35.5. The van der Waals surface area contributed by atoms with E-state index in [4.69, 9.17) is 17.3 Å². The molecule has 0 aliphatic rings. The molecule has 0 heterocycles. The fraction of sp³-hybridized carbons (Fsp3) is 0.0667. The second-order valence-electron chi connectivity index (χ2n) is 4.32. The molecule has 0 saturated carbocycles. The molecule has 0 aliphatic carbocycles. The van der Waals surface area contributed by atoms with Crippen LogP contribution >= 0.6 is 11.6 Å². The lowest BCUT2D eigenvalue weighted by Crippen LogP contribution is -2.12. The van der Waals surface area contributed by atoms with Gasteiger partial charge in [-0.2, -0.15) is 0 Å². The number of anilines is 2. The average Bonchev–Trinajstić information content (AvgIpc) is 2.42. The van der Waals surface area contributed by atoms with Crippen molar-refractivity contribution in [1.29, 1.82) is 0 Å². The number of nitrogens with two attached hydrogens (primary N) is 1. The van der Waals surface area contributed by atoms with Gasteiger partial charge in [-0.15, -0.1) is 0 Å².